The molecular formula is C34H36N4O5S. The van der Waals surface area contributed by atoms with Gasteiger partial charge in [-0.25, -0.2) is 13.1 Å². The highest BCUT2D eigenvalue weighted by atomic mass is 32.2. The molecule has 3 aromatic carbocycles. The number of ether oxygens (including phenoxy) is 1. The number of pyridine rings is 1. The van der Waals surface area contributed by atoms with Gasteiger partial charge < -0.3 is 15.0 Å². The van der Waals surface area contributed by atoms with E-state index in [-0.39, 0.29) is 42.3 Å². The van der Waals surface area contributed by atoms with Crippen LogP contribution in [0.3, 0.4) is 0 Å². The van der Waals surface area contributed by atoms with E-state index in [2.05, 4.69) is 15.0 Å². The van der Waals surface area contributed by atoms with E-state index in [1.165, 1.54) is 0 Å². The van der Waals surface area contributed by atoms with Crippen LogP contribution in [0.15, 0.2) is 108 Å². The summed E-state index contributed by atoms with van der Waals surface area (Å²) in [5.41, 5.74) is 3.06. The molecule has 1 fully saturated rings. The number of carbonyl (C=O) groups excluding carboxylic acids is 2. The molecule has 0 radical (unpaired) electrons. The highest BCUT2D eigenvalue weighted by Crippen LogP contribution is 2.27. The molecule has 0 spiro atoms. The van der Waals surface area contributed by atoms with Crippen molar-refractivity contribution < 1.29 is 22.7 Å². The van der Waals surface area contributed by atoms with Crippen LogP contribution in [0.25, 0.3) is 0 Å². The average Bonchev–Trinajstić information content (AvgIpc) is 3.87. The highest BCUT2D eigenvalue weighted by Gasteiger charge is 2.32. The maximum absolute atomic E-state index is 14.0. The minimum Gasteiger partial charge on any atom is -0.497 e. The summed E-state index contributed by atoms with van der Waals surface area (Å²) in [5.74, 6) is 0.160. The number of hydrogen-bond acceptors (Lipinski definition) is 6. The topological polar surface area (TPSA) is 118 Å². The minimum absolute atomic E-state index is 0.0210. The van der Waals surface area contributed by atoms with Crippen LogP contribution in [0.1, 0.15) is 47.7 Å². The number of carbonyl (C=O) groups is 2. The van der Waals surface area contributed by atoms with Crippen LogP contribution < -0.4 is 14.8 Å². The van der Waals surface area contributed by atoms with Gasteiger partial charge in [0.15, 0.2) is 0 Å². The van der Waals surface area contributed by atoms with E-state index in [0.717, 1.165) is 24.0 Å². The van der Waals surface area contributed by atoms with E-state index < -0.39 is 16.1 Å². The first kappa shape index (κ1) is 30.9. The largest absolute Gasteiger partial charge is 0.497 e. The van der Waals surface area contributed by atoms with Crippen LogP contribution in [0, 0.1) is 0 Å². The lowest BCUT2D eigenvalue weighted by atomic mass is 10.0. The molecule has 5 rings (SSSR count). The van der Waals surface area contributed by atoms with E-state index >= 15 is 0 Å². The van der Waals surface area contributed by atoms with Crippen molar-refractivity contribution in [1.29, 1.82) is 0 Å². The van der Waals surface area contributed by atoms with Gasteiger partial charge in [0.05, 0.1) is 24.2 Å². The molecular weight excluding hydrogens is 576 g/mol. The maximum Gasteiger partial charge on any atom is 0.247 e. The summed E-state index contributed by atoms with van der Waals surface area (Å²) in [6.45, 7) is 0.418. The van der Waals surface area contributed by atoms with Gasteiger partial charge in [0, 0.05) is 25.2 Å². The monoisotopic (exact) mass is 612 g/mol. The average molecular weight is 613 g/mol. The lowest BCUT2D eigenvalue weighted by molar-refractivity contribution is -0.141. The van der Waals surface area contributed by atoms with Gasteiger partial charge in [-0.1, -0.05) is 60.7 Å². The Bertz CT molecular complexity index is 1640. The second kappa shape index (κ2) is 14.3. The van der Waals surface area contributed by atoms with E-state index in [9.17, 15) is 18.0 Å². The van der Waals surface area contributed by atoms with E-state index in [0.29, 0.717) is 23.4 Å². The number of sulfonamides is 1. The summed E-state index contributed by atoms with van der Waals surface area (Å²) < 4.78 is 33.1. The standard InChI is InChI=1S/C34H36N4O5S/c1-43-30-17-10-26(11-18-30)24-38(32(39)21-14-25-12-19-31(20-13-25)44(41,42)37-28-15-16-28)33(27-7-3-2-4-8-27)34(40)36-23-29-9-5-6-22-35-29/h2-13,17-20,22,28,33,37H,14-16,21,23-24H2,1H3,(H,36,40). The van der Waals surface area contributed by atoms with E-state index in [1.54, 1.807) is 42.5 Å². The smallest absolute Gasteiger partial charge is 0.247 e. The first-order valence-electron chi connectivity index (χ1n) is 14.6. The maximum atomic E-state index is 14.0. The number of hydrogen-bond donors (Lipinski definition) is 2. The van der Waals surface area contributed by atoms with Gasteiger partial charge >= 0.3 is 0 Å². The van der Waals surface area contributed by atoms with Gasteiger partial charge in [-0.05, 0) is 72.4 Å². The van der Waals surface area contributed by atoms with Crippen LogP contribution in [-0.4, -0.2) is 43.3 Å². The Balaban J connectivity index is 1.37. The SMILES string of the molecule is COc1ccc(CN(C(=O)CCc2ccc(S(=O)(=O)NC3CC3)cc2)C(C(=O)NCc2ccccn2)c2ccccc2)cc1. The Labute approximate surface area is 258 Å². The van der Waals surface area contributed by atoms with Crippen molar-refractivity contribution in [3.8, 4) is 5.75 Å². The molecule has 0 saturated heterocycles. The zero-order chi connectivity index (χ0) is 30.9. The van der Waals surface area contributed by atoms with Crippen molar-refractivity contribution in [2.24, 2.45) is 0 Å². The van der Waals surface area contributed by atoms with Crippen molar-refractivity contribution in [3.05, 3.63) is 126 Å². The van der Waals surface area contributed by atoms with Gasteiger partial charge in [0.2, 0.25) is 21.8 Å². The molecule has 10 heteroatoms. The van der Waals surface area contributed by atoms with Gasteiger partial charge in [-0.15, -0.1) is 0 Å². The molecule has 0 bridgehead atoms. The molecule has 2 N–H and O–H groups in total. The number of nitrogens with one attached hydrogen (secondary N) is 2. The second-order valence-corrected chi connectivity index (χ2v) is 12.5. The zero-order valence-electron chi connectivity index (χ0n) is 24.6. The summed E-state index contributed by atoms with van der Waals surface area (Å²) in [4.78, 5) is 33.9. The fourth-order valence-electron chi connectivity index (χ4n) is 4.86. The van der Waals surface area contributed by atoms with Crippen LogP contribution in [0.4, 0.5) is 0 Å². The molecule has 0 aliphatic heterocycles. The molecule has 228 valence electrons. The Morgan fingerprint density at radius 1 is 0.909 bits per heavy atom. The van der Waals surface area contributed by atoms with E-state index in [4.69, 9.17) is 4.74 Å². The minimum atomic E-state index is -3.56. The molecule has 4 aromatic rings. The number of rotatable bonds is 14. The summed E-state index contributed by atoms with van der Waals surface area (Å²) in [6, 6.07) is 27.9. The summed E-state index contributed by atoms with van der Waals surface area (Å²) in [7, 11) is -1.97. The Hall–Kier alpha value is -4.54. The quantitative estimate of drug-likeness (QED) is 0.216. The summed E-state index contributed by atoms with van der Waals surface area (Å²) >= 11 is 0. The number of nitrogens with zero attached hydrogens (tertiary/aromatic N) is 2. The van der Waals surface area contributed by atoms with E-state index in [1.807, 2.05) is 72.8 Å². The number of benzene rings is 3. The third-order valence-corrected chi connectivity index (χ3v) is 8.97. The first-order valence-corrected chi connectivity index (χ1v) is 16.1. The van der Waals surface area contributed by atoms with Crippen molar-refractivity contribution in [2.45, 2.75) is 55.8 Å². The second-order valence-electron chi connectivity index (χ2n) is 10.8. The molecule has 44 heavy (non-hydrogen) atoms. The van der Waals surface area contributed by atoms with Gasteiger partial charge in [0.25, 0.3) is 0 Å². The van der Waals surface area contributed by atoms with Crippen LogP contribution in [-0.2, 0) is 39.1 Å². The van der Waals surface area contributed by atoms with Crippen molar-refractivity contribution >= 4 is 21.8 Å². The Morgan fingerprint density at radius 2 is 1.59 bits per heavy atom. The van der Waals surface area contributed by atoms with Gasteiger partial charge in [-0.2, -0.15) is 0 Å². The normalized spacial score (nSPS) is 13.6. The van der Waals surface area contributed by atoms with Crippen LogP contribution >= 0.6 is 0 Å². The molecule has 1 saturated carbocycles. The fraction of sp³-hybridized carbons (Fsp3) is 0.265. The zero-order valence-corrected chi connectivity index (χ0v) is 25.4. The van der Waals surface area contributed by atoms with Crippen molar-refractivity contribution in [1.82, 2.24) is 19.9 Å². The van der Waals surface area contributed by atoms with Crippen molar-refractivity contribution in [3.63, 3.8) is 0 Å². The predicted molar refractivity (Wildman–Crippen MR) is 167 cm³/mol. The Kier molecular flexibility index (Phi) is 10.0. The Morgan fingerprint density at radius 3 is 2.23 bits per heavy atom. The molecule has 2 amide bonds. The number of methoxy groups -OCH3 is 1. The third-order valence-electron chi connectivity index (χ3n) is 7.44. The van der Waals surface area contributed by atoms with Crippen LogP contribution in [0.2, 0.25) is 0 Å². The highest BCUT2D eigenvalue weighted by molar-refractivity contribution is 7.89. The number of aryl methyl sites for hydroxylation is 1. The lowest BCUT2D eigenvalue weighted by Crippen LogP contribution is -2.43. The molecule has 9 nitrogen and oxygen atoms in total. The number of amides is 2. The molecule has 1 aliphatic carbocycles. The van der Waals surface area contributed by atoms with Gasteiger partial charge in [0.1, 0.15) is 11.8 Å². The van der Waals surface area contributed by atoms with Crippen molar-refractivity contribution in [2.75, 3.05) is 7.11 Å². The lowest BCUT2D eigenvalue weighted by Gasteiger charge is -2.32. The summed E-state index contributed by atoms with van der Waals surface area (Å²) in [5, 5.41) is 2.97. The summed E-state index contributed by atoms with van der Waals surface area (Å²) in [6.07, 6.45) is 3.89. The first-order chi connectivity index (χ1) is 21.3. The molecule has 1 aliphatic rings. The number of aromatic nitrogens is 1. The predicted octanol–water partition coefficient (Wildman–Crippen LogP) is 4.55. The molecule has 1 aromatic heterocycles. The van der Waals surface area contributed by atoms with Crippen LogP contribution in [0.5, 0.6) is 5.75 Å². The molecule has 1 unspecified atom stereocenters. The molecule has 1 heterocycles. The van der Waals surface area contributed by atoms with Gasteiger partial charge in [-0.3, -0.25) is 14.6 Å². The molecule has 1 atom stereocenters. The third kappa shape index (κ3) is 8.30. The fourth-order valence-corrected chi connectivity index (χ4v) is 6.16.